The predicted octanol–water partition coefficient (Wildman–Crippen LogP) is 3.83. The van der Waals surface area contributed by atoms with E-state index in [0.29, 0.717) is 25.7 Å². The highest BCUT2D eigenvalue weighted by Gasteiger charge is 2.13. The van der Waals surface area contributed by atoms with Crippen LogP contribution in [0, 0.1) is 0 Å². The van der Waals surface area contributed by atoms with Gasteiger partial charge in [0.15, 0.2) is 11.5 Å². The first-order valence-electron chi connectivity index (χ1n) is 7.40. The quantitative estimate of drug-likeness (QED) is 0.806. The average Bonchev–Trinajstić information content (AvgIpc) is 3.02. The zero-order chi connectivity index (χ0) is 15.1. The molecule has 1 unspecified atom stereocenters. The van der Waals surface area contributed by atoms with Crippen molar-refractivity contribution >= 4 is 11.3 Å². The van der Waals surface area contributed by atoms with Crippen LogP contribution in [0.1, 0.15) is 30.2 Å². The van der Waals surface area contributed by atoms with Gasteiger partial charge in [0.25, 0.3) is 0 Å². The fourth-order valence-corrected chi connectivity index (χ4v) is 3.17. The highest BCUT2D eigenvalue weighted by atomic mass is 32.1. The van der Waals surface area contributed by atoms with E-state index < -0.39 is 0 Å². The fraction of sp³-hybridized carbons (Fsp3) is 0.412. The van der Waals surface area contributed by atoms with E-state index in [-0.39, 0.29) is 0 Å². The minimum atomic E-state index is 0.359. The third kappa shape index (κ3) is 4.22. The van der Waals surface area contributed by atoms with Crippen molar-refractivity contribution < 1.29 is 9.47 Å². The van der Waals surface area contributed by atoms with Gasteiger partial charge in [0.2, 0.25) is 0 Å². The first-order valence-corrected chi connectivity index (χ1v) is 8.28. The van der Waals surface area contributed by atoms with Crippen LogP contribution in [0.5, 0.6) is 11.5 Å². The SMILES string of the molecule is CCOc1ccc(CC(CN)c2cccs2)cc1OCC. The summed E-state index contributed by atoms with van der Waals surface area (Å²) in [6, 6.07) is 10.4. The first-order chi connectivity index (χ1) is 10.3. The van der Waals surface area contributed by atoms with Gasteiger partial charge in [-0.3, -0.25) is 0 Å². The first kappa shape index (κ1) is 15.9. The summed E-state index contributed by atoms with van der Waals surface area (Å²) in [5.74, 6) is 1.99. The molecule has 0 spiro atoms. The van der Waals surface area contributed by atoms with Gasteiger partial charge in [-0.25, -0.2) is 0 Å². The van der Waals surface area contributed by atoms with Crippen molar-refractivity contribution in [2.24, 2.45) is 5.73 Å². The van der Waals surface area contributed by atoms with Crippen LogP contribution < -0.4 is 15.2 Å². The van der Waals surface area contributed by atoms with E-state index in [4.69, 9.17) is 15.2 Å². The Morgan fingerprint density at radius 1 is 1.10 bits per heavy atom. The summed E-state index contributed by atoms with van der Waals surface area (Å²) in [7, 11) is 0. The lowest BCUT2D eigenvalue weighted by Gasteiger charge is -2.16. The van der Waals surface area contributed by atoms with Crippen molar-refractivity contribution in [3.05, 3.63) is 46.2 Å². The van der Waals surface area contributed by atoms with Gasteiger partial charge in [0.05, 0.1) is 13.2 Å². The molecule has 2 rings (SSSR count). The lowest BCUT2D eigenvalue weighted by molar-refractivity contribution is 0.287. The van der Waals surface area contributed by atoms with Crippen LogP contribution in [0.3, 0.4) is 0 Å². The summed E-state index contributed by atoms with van der Waals surface area (Å²) in [5, 5.41) is 2.10. The Bertz CT molecular complexity index is 540. The van der Waals surface area contributed by atoms with E-state index in [1.165, 1.54) is 10.4 Å². The molecule has 3 nitrogen and oxygen atoms in total. The Morgan fingerprint density at radius 3 is 2.48 bits per heavy atom. The normalized spacial score (nSPS) is 12.1. The third-order valence-electron chi connectivity index (χ3n) is 3.32. The van der Waals surface area contributed by atoms with Gasteiger partial charge < -0.3 is 15.2 Å². The number of nitrogens with two attached hydrogens (primary N) is 1. The largest absolute Gasteiger partial charge is 0.490 e. The van der Waals surface area contributed by atoms with Gasteiger partial charge in [-0.05, 0) is 49.4 Å². The van der Waals surface area contributed by atoms with E-state index in [2.05, 4.69) is 29.6 Å². The molecule has 0 saturated carbocycles. The van der Waals surface area contributed by atoms with Crippen molar-refractivity contribution in [1.29, 1.82) is 0 Å². The molecule has 21 heavy (non-hydrogen) atoms. The molecular weight excluding hydrogens is 282 g/mol. The molecule has 2 aromatic rings. The van der Waals surface area contributed by atoms with E-state index in [0.717, 1.165) is 17.9 Å². The average molecular weight is 305 g/mol. The van der Waals surface area contributed by atoms with Crippen LogP contribution in [0.2, 0.25) is 0 Å². The maximum Gasteiger partial charge on any atom is 0.161 e. The van der Waals surface area contributed by atoms with Crippen molar-refractivity contribution in [2.75, 3.05) is 19.8 Å². The number of rotatable bonds is 8. The molecule has 0 aliphatic rings. The maximum absolute atomic E-state index is 5.94. The van der Waals surface area contributed by atoms with Crippen molar-refractivity contribution in [3.63, 3.8) is 0 Å². The molecule has 0 saturated heterocycles. The molecule has 1 aromatic heterocycles. The van der Waals surface area contributed by atoms with E-state index in [1.807, 2.05) is 19.9 Å². The zero-order valence-corrected chi connectivity index (χ0v) is 13.5. The molecule has 1 aromatic carbocycles. The fourth-order valence-electron chi connectivity index (χ4n) is 2.33. The second kappa shape index (κ2) is 8.05. The smallest absolute Gasteiger partial charge is 0.161 e. The highest BCUT2D eigenvalue weighted by molar-refractivity contribution is 7.10. The number of hydrogen-bond acceptors (Lipinski definition) is 4. The minimum Gasteiger partial charge on any atom is -0.490 e. The van der Waals surface area contributed by atoms with E-state index in [1.54, 1.807) is 11.3 Å². The van der Waals surface area contributed by atoms with E-state index in [9.17, 15) is 0 Å². The Kier molecular flexibility index (Phi) is 6.08. The van der Waals surface area contributed by atoms with Crippen LogP contribution in [0.25, 0.3) is 0 Å². The molecule has 0 bridgehead atoms. The van der Waals surface area contributed by atoms with Crippen molar-refractivity contribution in [1.82, 2.24) is 0 Å². The molecule has 0 aliphatic heterocycles. The molecule has 0 fully saturated rings. The summed E-state index contributed by atoms with van der Waals surface area (Å²) in [4.78, 5) is 1.34. The van der Waals surface area contributed by atoms with Crippen LogP contribution in [0.4, 0.5) is 0 Å². The standard InChI is InChI=1S/C17H23NO2S/c1-3-19-15-8-7-13(11-16(15)20-4-2)10-14(12-18)17-6-5-9-21-17/h5-9,11,14H,3-4,10,12,18H2,1-2H3. The van der Waals surface area contributed by atoms with Crippen LogP contribution in [0.15, 0.2) is 35.7 Å². The maximum atomic E-state index is 5.94. The third-order valence-corrected chi connectivity index (χ3v) is 4.35. The van der Waals surface area contributed by atoms with Crippen molar-refractivity contribution in [3.8, 4) is 11.5 Å². The lowest BCUT2D eigenvalue weighted by Crippen LogP contribution is -2.14. The van der Waals surface area contributed by atoms with Gasteiger partial charge in [0.1, 0.15) is 0 Å². The molecule has 4 heteroatoms. The highest BCUT2D eigenvalue weighted by Crippen LogP contribution is 2.31. The Balaban J connectivity index is 2.17. The molecule has 0 amide bonds. The summed E-state index contributed by atoms with van der Waals surface area (Å²) in [5.41, 5.74) is 7.16. The van der Waals surface area contributed by atoms with Gasteiger partial charge in [-0.15, -0.1) is 11.3 Å². The Labute approximate surface area is 130 Å². The molecule has 114 valence electrons. The Morgan fingerprint density at radius 2 is 1.86 bits per heavy atom. The minimum absolute atomic E-state index is 0.359. The van der Waals surface area contributed by atoms with Gasteiger partial charge in [-0.1, -0.05) is 12.1 Å². The van der Waals surface area contributed by atoms with Crippen LogP contribution >= 0.6 is 11.3 Å². The Hall–Kier alpha value is -1.52. The van der Waals surface area contributed by atoms with Gasteiger partial charge in [-0.2, -0.15) is 0 Å². The number of ether oxygens (including phenoxy) is 2. The lowest BCUT2D eigenvalue weighted by atomic mass is 9.97. The molecule has 0 aliphatic carbocycles. The summed E-state index contributed by atoms with van der Waals surface area (Å²) < 4.78 is 11.3. The second-order valence-corrected chi connectivity index (χ2v) is 5.78. The molecule has 0 radical (unpaired) electrons. The number of benzene rings is 1. The number of hydrogen-bond donors (Lipinski definition) is 1. The van der Waals surface area contributed by atoms with Crippen LogP contribution in [-0.4, -0.2) is 19.8 Å². The topological polar surface area (TPSA) is 44.5 Å². The van der Waals surface area contributed by atoms with E-state index >= 15 is 0 Å². The van der Waals surface area contributed by atoms with Gasteiger partial charge >= 0.3 is 0 Å². The molecular formula is C17H23NO2S. The molecule has 2 N–H and O–H groups in total. The summed E-state index contributed by atoms with van der Waals surface area (Å²) in [6.45, 7) is 5.88. The molecule has 1 heterocycles. The second-order valence-electron chi connectivity index (χ2n) is 4.80. The zero-order valence-electron chi connectivity index (χ0n) is 12.7. The monoisotopic (exact) mass is 305 g/mol. The summed E-state index contributed by atoms with van der Waals surface area (Å²) in [6.07, 6.45) is 0.920. The number of thiophene rings is 1. The summed E-state index contributed by atoms with van der Waals surface area (Å²) >= 11 is 1.76. The van der Waals surface area contributed by atoms with Crippen LogP contribution in [-0.2, 0) is 6.42 Å². The predicted molar refractivity (Wildman–Crippen MR) is 88.6 cm³/mol. The van der Waals surface area contributed by atoms with Gasteiger partial charge in [0, 0.05) is 17.3 Å². The molecule has 1 atom stereocenters. The van der Waals surface area contributed by atoms with Crippen molar-refractivity contribution in [2.45, 2.75) is 26.2 Å².